The third kappa shape index (κ3) is 3.76. The van der Waals surface area contributed by atoms with Gasteiger partial charge in [-0.25, -0.2) is 0 Å². The molecule has 1 N–H and O–H groups in total. The van der Waals surface area contributed by atoms with Crippen molar-refractivity contribution in [3.63, 3.8) is 0 Å². The Balaban J connectivity index is 1.53. The van der Waals surface area contributed by atoms with Crippen molar-refractivity contribution in [3.05, 3.63) is 46.7 Å². The van der Waals surface area contributed by atoms with Gasteiger partial charge >= 0.3 is 0 Å². The minimum absolute atomic E-state index is 0.0466. The number of carbonyl (C=O) groups excluding carboxylic acids is 2. The van der Waals surface area contributed by atoms with Crippen LogP contribution in [0.4, 0.5) is 5.69 Å². The van der Waals surface area contributed by atoms with E-state index in [-0.39, 0.29) is 18.2 Å². The lowest BCUT2D eigenvalue weighted by Gasteiger charge is -2.32. The van der Waals surface area contributed by atoms with E-state index < -0.39 is 6.10 Å². The molecule has 5 nitrogen and oxygen atoms in total. The molecule has 24 heavy (non-hydrogen) atoms. The largest absolute Gasteiger partial charge is 0.479 e. The number of rotatable bonds is 6. The molecule has 0 spiro atoms. The van der Waals surface area contributed by atoms with E-state index in [4.69, 9.17) is 4.74 Å². The summed E-state index contributed by atoms with van der Waals surface area (Å²) in [6.07, 6.45) is 0.573. The molecule has 126 valence electrons. The molecule has 0 saturated heterocycles. The zero-order valence-electron chi connectivity index (χ0n) is 13.5. The number of hydrogen-bond donors (Lipinski definition) is 1. The summed E-state index contributed by atoms with van der Waals surface area (Å²) >= 11 is 1.65. The smallest absolute Gasteiger partial charge is 0.267 e. The van der Waals surface area contributed by atoms with Gasteiger partial charge in [-0.3, -0.25) is 9.59 Å². The topological polar surface area (TPSA) is 58.6 Å². The summed E-state index contributed by atoms with van der Waals surface area (Å²) < 4.78 is 5.60. The lowest BCUT2D eigenvalue weighted by Crippen LogP contribution is -2.45. The van der Waals surface area contributed by atoms with Crippen molar-refractivity contribution >= 4 is 28.8 Å². The predicted octanol–water partition coefficient (Wildman–Crippen LogP) is 2.61. The van der Waals surface area contributed by atoms with Crippen molar-refractivity contribution in [1.82, 2.24) is 5.32 Å². The molecular formula is C18H20N2O3S. The van der Waals surface area contributed by atoms with Crippen LogP contribution >= 0.6 is 11.3 Å². The fourth-order valence-electron chi connectivity index (χ4n) is 2.67. The summed E-state index contributed by atoms with van der Waals surface area (Å²) in [4.78, 5) is 26.0. The third-order valence-electron chi connectivity index (χ3n) is 3.95. The number of nitrogens with zero attached hydrogens (tertiary/aromatic N) is 1. The standard InChI is InChI=1S/C18H20N2O3S/c1-13-18(22)20(15-4-2-3-5-16(15)23-13)10-7-17(21)19-9-6-14-8-11-24-12-14/h2-5,8,11-13H,6-7,9-10H2,1H3,(H,19,21)/t13-/m1/s1. The molecule has 0 fully saturated rings. The van der Waals surface area contributed by atoms with Crippen LogP contribution in [-0.2, 0) is 16.0 Å². The summed E-state index contributed by atoms with van der Waals surface area (Å²) in [5.41, 5.74) is 1.96. The fourth-order valence-corrected chi connectivity index (χ4v) is 3.38. The Labute approximate surface area is 145 Å². The number of fused-ring (bicyclic) bond motifs is 1. The van der Waals surface area contributed by atoms with Gasteiger partial charge in [0.25, 0.3) is 5.91 Å². The van der Waals surface area contributed by atoms with E-state index in [1.165, 1.54) is 5.56 Å². The molecule has 6 heteroatoms. The highest BCUT2D eigenvalue weighted by Gasteiger charge is 2.31. The Morgan fingerprint density at radius 2 is 2.17 bits per heavy atom. The number of benzene rings is 1. The molecule has 2 amide bonds. The molecule has 1 aromatic carbocycles. The molecular weight excluding hydrogens is 324 g/mol. The molecule has 0 saturated carbocycles. The number of anilines is 1. The maximum absolute atomic E-state index is 12.3. The van der Waals surface area contributed by atoms with Crippen LogP contribution in [0.3, 0.4) is 0 Å². The maximum Gasteiger partial charge on any atom is 0.267 e. The van der Waals surface area contributed by atoms with Crippen LogP contribution in [0.15, 0.2) is 41.1 Å². The summed E-state index contributed by atoms with van der Waals surface area (Å²) in [6.45, 7) is 2.69. The Kier molecular flexibility index (Phi) is 5.15. The van der Waals surface area contributed by atoms with Crippen LogP contribution in [-0.4, -0.2) is 31.0 Å². The molecule has 1 aliphatic heterocycles. The van der Waals surface area contributed by atoms with E-state index in [1.807, 2.05) is 29.6 Å². The van der Waals surface area contributed by atoms with E-state index in [0.717, 1.165) is 12.1 Å². The monoisotopic (exact) mass is 344 g/mol. The first-order valence-electron chi connectivity index (χ1n) is 8.00. The van der Waals surface area contributed by atoms with Crippen LogP contribution in [0.25, 0.3) is 0 Å². The SMILES string of the molecule is C[C@H]1Oc2ccccc2N(CCC(=O)NCCc2ccsc2)C1=O. The first-order chi connectivity index (χ1) is 11.6. The van der Waals surface area contributed by atoms with Gasteiger partial charge in [0, 0.05) is 19.5 Å². The number of para-hydroxylation sites is 2. The lowest BCUT2D eigenvalue weighted by molar-refractivity contribution is -0.125. The molecule has 1 atom stereocenters. The van der Waals surface area contributed by atoms with Crippen LogP contribution in [0.1, 0.15) is 18.9 Å². The first kappa shape index (κ1) is 16.5. The molecule has 1 aliphatic rings. The highest BCUT2D eigenvalue weighted by atomic mass is 32.1. The minimum atomic E-state index is -0.526. The number of ether oxygens (including phenoxy) is 1. The van der Waals surface area contributed by atoms with Crippen molar-refractivity contribution in [2.75, 3.05) is 18.0 Å². The van der Waals surface area contributed by atoms with Gasteiger partial charge in [-0.05, 0) is 47.9 Å². The summed E-state index contributed by atoms with van der Waals surface area (Å²) in [6, 6.07) is 9.47. The second-order valence-electron chi connectivity index (χ2n) is 5.70. The van der Waals surface area contributed by atoms with Crippen molar-refractivity contribution in [1.29, 1.82) is 0 Å². The Morgan fingerprint density at radius 1 is 1.33 bits per heavy atom. The molecule has 2 aromatic rings. The quantitative estimate of drug-likeness (QED) is 0.876. The molecule has 0 bridgehead atoms. The summed E-state index contributed by atoms with van der Waals surface area (Å²) in [5.74, 6) is 0.525. The lowest BCUT2D eigenvalue weighted by atomic mass is 10.1. The van der Waals surface area contributed by atoms with Crippen molar-refractivity contribution in [2.45, 2.75) is 25.9 Å². The second-order valence-corrected chi connectivity index (χ2v) is 6.48. The van der Waals surface area contributed by atoms with Crippen LogP contribution in [0.2, 0.25) is 0 Å². The average molecular weight is 344 g/mol. The van der Waals surface area contributed by atoms with Crippen LogP contribution in [0.5, 0.6) is 5.75 Å². The molecule has 1 aromatic heterocycles. The minimum Gasteiger partial charge on any atom is -0.479 e. The Bertz CT molecular complexity index is 715. The molecule has 0 aliphatic carbocycles. The van der Waals surface area contributed by atoms with Gasteiger partial charge in [0.1, 0.15) is 5.75 Å². The van der Waals surface area contributed by atoms with E-state index in [9.17, 15) is 9.59 Å². The van der Waals surface area contributed by atoms with E-state index in [1.54, 1.807) is 23.2 Å². The maximum atomic E-state index is 12.3. The van der Waals surface area contributed by atoms with Gasteiger partial charge in [0.2, 0.25) is 5.91 Å². The molecule has 0 unspecified atom stereocenters. The molecule has 3 rings (SSSR count). The van der Waals surface area contributed by atoms with Gasteiger partial charge in [0.05, 0.1) is 5.69 Å². The van der Waals surface area contributed by atoms with Crippen LogP contribution in [0, 0.1) is 0 Å². The Hall–Kier alpha value is -2.34. The number of thiophene rings is 1. The number of nitrogens with one attached hydrogen (secondary N) is 1. The number of hydrogen-bond acceptors (Lipinski definition) is 4. The highest BCUT2D eigenvalue weighted by Crippen LogP contribution is 2.33. The average Bonchev–Trinajstić information content (AvgIpc) is 3.09. The second kappa shape index (κ2) is 7.49. The van der Waals surface area contributed by atoms with Gasteiger partial charge in [-0.15, -0.1) is 0 Å². The van der Waals surface area contributed by atoms with E-state index in [2.05, 4.69) is 16.8 Å². The molecule has 0 radical (unpaired) electrons. The zero-order chi connectivity index (χ0) is 16.9. The number of carbonyl (C=O) groups is 2. The summed E-state index contributed by atoms with van der Waals surface area (Å²) in [5, 5.41) is 7.01. The van der Waals surface area contributed by atoms with E-state index in [0.29, 0.717) is 18.8 Å². The van der Waals surface area contributed by atoms with Gasteiger partial charge in [-0.2, -0.15) is 11.3 Å². The van der Waals surface area contributed by atoms with Gasteiger partial charge in [-0.1, -0.05) is 12.1 Å². The number of amides is 2. The third-order valence-corrected chi connectivity index (χ3v) is 4.68. The Morgan fingerprint density at radius 3 is 2.96 bits per heavy atom. The van der Waals surface area contributed by atoms with E-state index >= 15 is 0 Å². The van der Waals surface area contributed by atoms with Gasteiger partial charge < -0.3 is 15.0 Å². The summed E-state index contributed by atoms with van der Waals surface area (Å²) in [7, 11) is 0. The van der Waals surface area contributed by atoms with Crippen molar-refractivity contribution in [3.8, 4) is 5.75 Å². The fraction of sp³-hybridized carbons (Fsp3) is 0.333. The zero-order valence-corrected chi connectivity index (χ0v) is 14.3. The molecule has 2 heterocycles. The highest BCUT2D eigenvalue weighted by molar-refractivity contribution is 7.07. The predicted molar refractivity (Wildman–Crippen MR) is 94.5 cm³/mol. The van der Waals surface area contributed by atoms with Crippen LogP contribution < -0.4 is 15.0 Å². The van der Waals surface area contributed by atoms with Crippen molar-refractivity contribution < 1.29 is 14.3 Å². The first-order valence-corrected chi connectivity index (χ1v) is 8.94. The van der Waals surface area contributed by atoms with Crippen molar-refractivity contribution in [2.24, 2.45) is 0 Å². The normalized spacial score (nSPS) is 16.5. The van der Waals surface area contributed by atoms with Gasteiger partial charge in [0.15, 0.2) is 6.10 Å².